The highest BCUT2D eigenvalue weighted by atomic mass is 19.1. The van der Waals surface area contributed by atoms with Gasteiger partial charge in [-0.15, -0.1) is 0 Å². The molecule has 5 heteroatoms. The summed E-state index contributed by atoms with van der Waals surface area (Å²) in [5, 5.41) is 0. The zero-order valence-electron chi connectivity index (χ0n) is 17.9. The molecule has 1 saturated heterocycles. The van der Waals surface area contributed by atoms with Crippen LogP contribution in [0.25, 0.3) is 0 Å². The molecule has 1 unspecified atom stereocenters. The van der Waals surface area contributed by atoms with Crippen LogP contribution in [-0.4, -0.2) is 50.7 Å². The maximum atomic E-state index is 14.0. The van der Waals surface area contributed by atoms with Gasteiger partial charge in [0.2, 0.25) is 0 Å². The molecule has 0 radical (unpaired) electrons. The monoisotopic (exact) mass is 410 g/mol. The van der Waals surface area contributed by atoms with Crippen LogP contribution in [0.5, 0.6) is 0 Å². The smallest absolute Gasteiger partial charge is 0.310 e. The van der Waals surface area contributed by atoms with Crippen LogP contribution in [0.4, 0.5) is 10.1 Å². The summed E-state index contributed by atoms with van der Waals surface area (Å²) < 4.78 is 19.3. The third kappa shape index (κ3) is 4.22. The topological polar surface area (TPSA) is 32.8 Å². The van der Waals surface area contributed by atoms with Crippen molar-refractivity contribution in [3.63, 3.8) is 0 Å². The molecule has 1 fully saturated rings. The van der Waals surface area contributed by atoms with Gasteiger partial charge in [0.05, 0.1) is 12.5 Å². The molecular weight excluding hydrogens is 379 g/mol. The number of likely N-dealkylation sites (tertiary alicyclic amines) is 1. The van der Waals surface area contributed by atoms with Gasteiger partial charge in [-0.1, -0.05) is 30.3 Å². The van der Waals surface area contributed by atoms with Crippen LogP contribution in [0.15, 0.2) is 48.5 Å². The van der Waals surface area contributed by atoms with Gasteiger partial charge in [-0.25, -0.2) is 4.39 Å². The van der Waals surface area contributed by atoms with Crippen LogP contribution in [0.3, 0.4) is 0 Å². The van der Waals surface area contributed by atoms with E-state index in [2.05, 4.69) is 29.0 Å². The molecule has 0 bridgehead atoms. The van der Waals surface area contributed by atoms with Crippen LogP contribution in [-0.2, 0) is 21.4 Å². The Kier molecular flexibility index (Phi) is 6.09. The Morgan fingerprint density at radius 2 is 1.90 bits per heavy atom. The molecule has 1 atom stereocenters. The van der Waals surface area contributed by atoms with E-state index in [4.69, 9.17) is 4.74 Å². The molecular formula is C25H31FN2O2. The maximum Gasteiger partial charge on any atom is 0.310 e. The average Bonchev–Trinajstić information content (AvgIpc) is 3.01. The molecule has 30 heavy (non-hydrogen) atoms. The highest BCUT2D eigenvalue weighted by Crippen LogP contribution is 2.46. The predicted molar refractivity (Wildman–Crippen MR) is 117 cm³/mol. The number of esters is 1. The minimum Gasteiger partial charge on any atom is -0.466 e. The van der Waals surface area contributed by atoms with Crippen molar-refractivity contribution in [1.29, 1.82) is 0 Å². The largest absolute Gasteiger partial charge is 0.466 e. The van der Waals surface area contributed by atoms with Crippen molar-refractivity contribution in [3.8, 4) is 0 Å². The van der Waals surface area contributed by atoms with Gasteiger partial charge < -0.3 is 14.5 Å². The highest BCUT2D eigenvalue weighted by Gasteiger charge is 2.44. The summed E-state index contributed by atoms with van der Waals surface area (Å²) in [6.45, 7) is 5.72. The van der Waals surface area contributed by atoms with E-state index in [1.807, 2.05) is 31.2 Å². The normalized spacial score (nSPS) is 19.0. The van der Waals surface area contributed by atoms with Gasteiger partial charge in [0, 0.05) is 31.2 Å². The lowest BCUT2D eigenvalue weighted by Gasteiger charge is -2.40. The lowest BCUT2D eigenvalue weighted by molar-refractivity contribution is -0.148. The lowest BCUT2D eigenvalue weighted by Crippen LogP contribution is -2.47. The number of rotatable bonds is 6. The number of nitrogens with zero attached hydrogens (tertiary/aromatic N) is 2. The van der Waals surface area contributed by atoms with Crippen molar-refractivity contribution in [3.05, 3.63) is 65.5 Å². The van der Waals surface area contributed by atoms with E-state index in [0.717, 1.165) is 49.3 Å². The van der Waals surface area contributed by atoms with Gasteiger partial charge in [-0.2, -0.15) is 0 Å². The van der Waals surface area contributed by atoms with Gasteiger partial charge in [0.25, 0.3) is 0 Å². The second-order valence-electron chi connectivity index (χ2n) is 8.74. The minimum absolute atomic E-state index is 0.0154. The van der Waals surface area contributed by atoms with Crippen molar-refractivity contribution >= 4 is 11.7 Å². The fourth-order valence-electron chi connectivity index (χ4n) is 5.17. The molecule has 0 N–H and O–H groups in total. The average molecular weight is 411 g/mol. The molecule has 2 aromatic rings. The van der Waals surface area contributed by atoms with E-state index >= 15 is 0 Å². The minimum atomic E-state index is -0.169. The summed E-state index contributed by atoms with van der Waals surface area (Å²) in [6.07, 6.45) is 2.65. The number of anilines is 1. The number of carbonyl (C=O) groups is 1. The lowest BCUT2D eigenvalue weighted by atomic mass is 9.74. The second-order valence-corrected chi connectivity index (χ2v) is 8.74. The Bertz CT molecular complexity index is 878. The third-order valence-corrected chi connectivity index (χ3v) is 6.72. The molecule has 1 spiro atoms. The SMILES string of the molecule is CCOC(=O)C(Cc1ccccc1)CN1CCC2(CC1)CN(C)c1ccc(F)cc12. The van der Waals surface area contributed by atoms with E-state index in [0.29, 0.717) is 19.6 Å². The van der Waals surface area contributed by atoms with Crippen molar-refractivity contribution in [2.45, 2.75) is 31.6 Å². The molecule has 4 rings (SSSR count). The molecule has 0 saturated carbocycles. The van der Waals surface area contributed by atoms with Gasteiger partial charge >= 0.3 is 5.97 Å². The van der Waals surface area contributed by atoms with Gasteiger partial charge in [-0.3, -0.25) is 4.79 Å². The second kappa shape index (κ2) is 8.76. The summed E-state index contributed by atoms with van der Waals surface area (Å²) in [5.74, 6) is -0.442. The molecule has 0 aliphatic carbocycles. The van der Waals surface area contributed by atoms with Crippen LogP contribution in [0.1, 0.15) is 30.9 Å². The summed E-state index contributed by atoms with van der Waals surface area (Å²) in [5.41, 5.74) is 3.47. The Balaban J connectivity index is 1.44. The fraction of sp³-hybridized carbons (Fsp3) is 0.480. The fourth-order valence-corrected chi connectivity index (χ4v) is 5.17. The van der Waals surface area contributed by atoms with E-state index in [9.17, 15) is 9.18 Å². The summed E-state index contributed by atoms with van der Waals surface area (Å²) in [7, 11) is 2.09. The van der Waals surface area contributed by atoms with Gasteiger partial charge in [0.1, 0.15) is 5.82 Å². The quantitative estimate of drug-likeness (QED) is 0.673. The third-order valence-electron chi connectivity index (χ3n) is 6.72. The molecule has 4 nitrogen and oxygen atoms in total. The molecule has 2 aromatic carbocycles. The standard InChI is InChI=1S/C25H31FN2O2/c1-3-30-24(29)20(15-19-7-5-4-6-8-19)17-28-13-11-25(12-14-28)18-27(2)23-10-9-21(26)16-22(23)25/h4-10,16,20H,3,11-15,17-18H2,1-2H3. The zero-order chi connectivity index (χ0) is 21.1. The summed E-state index contributed by atoms with van der Waals surface area (Å²) in [4.78, 5) is 17.3. The first kappa shape index (κ1) is 20.9. The van der Waals surface area contributed by atoms with Crippen molar-refractivity contribution in [2.75, 3.05) is 44.7 Å². The van der Waals surface area contributed by atoms with Gasteiger partial charge in [-0.05, 0) is 68.6 Å². The van der Waals surface area contributed by atoms with E-state index in [1.165, 1.54) is 0 Å². The van der Waals surface area contributed by atoms with Crippen LogP contribution >= 0.6 is 0 Å². The number of hydrogen-bond acceptors (Lipinski definition) is 4. The van der Waals surface area contributed by atoms with Crippen LogP contribution < -0.4 is 4.90 Å². The number of benzene rings is 2. The Labute approximate surface area is 178 Å². The number of ether oxygens (including phenoxy) is 1. The number of hydrogen-bond donors (Lipinski definition) is 0. The summed E-state index contributed by atoms with van der Waals surface area (Å²) >= 11 is 0. The molecule has 2 aliphatic rings. The molecule has 0 aromatic heterocycles. The van der Waals surface area contributed by atoms with Crippen LogP contribution in [0, 0.1) is 11.7 Å². The first-order valence-electron chi connectivity index (χ1n) is 10.9. The van der Waals surface area contributed by atoms with Crippen molar-refractivity contribution < 1.29 is 13.9 Å². The molecule has 160 valence electrons. The predicted octanol–water partition coefficient (Wildman–Crippen LogP) is 4.03. The highest BCUT2D eigenvalue weighted by molar-refractivity contribution is 5.73. The number of halogens is 1. The molecule has 2 heterocycles. The first-order chi connectivity index (χ1) is 14.5. The Morgan fingerprint density at radius 1 is 1.17 bits per heavy atom. The van der Waals surface area contributed by atoms with E-state index in [-0.39, 0.29) is 23.1 Å². The van der Waals surface area contributed by atoms with Crippen molar-refractivity contribution in [1.82, 2.24) is 4.90 Å². The van der Waals surface area contributed by atoms with Crippen molar-refractivity contribution in [2.24, 2.45) is 5.92 Å². The Morgan fingerprint density at radius 3 is 2.60 bits per heavy atom. The first-order valence-corrected chi connectivity index (χ1v) is 10.9. The molecule has 2 aliphatic heterocycles. The van der Waals surface area contributed by atoms with Gasteiger partial charge in [0.15, 0.2) is 0 Å². The number of piperidine rings is 1. The Hall–Kier alpha value is -2.40. The summed E-state index contributed by atoms with van der Waals surface area (Å²) in [6, 6.07) is 15.3. The molecule has 0 amide bonds. The van der Waals surface area contributed by atoms with E-state index < -0.39 is 0 Å². The number of likely N-dealkylation sites (N-methyl/N-ethyl adjacent to an activating group) is 1. The van der Waals surface area contributed by atoms with E-state index in [1.54, 1.807) is 12.1 Å². The number of carbonyl (C=O) groups excluding carboxylic acids is 1. The zero-order valence-corrected chi connectivity index (χ0v) is 17.9. The maximum absolute atomic E-state index is 14.0. The van der Waals surface area contributed by atoms with Crippen LogP contribution in [0.2, 0.25) is 0 Å². The number of fused-ring (bicyclic) bond motifs is 2.